The number of hydrogen-bond acceptors (Lipinski definition) is 5. The van der Waals surface area contributed by atoms with Gasteiger partial charge in [-0.15, -0.1) is 0 Å². The molecule has 0 bridgehead atoms. The number of ketones is 1. The number of ether oxygens (including phenoxy) is 1. The summed E-state index contributed by atoms with van der Waals surface area (Å²) in [6, 6.07) is 0. The number of thioether (sulfide) groups is 1. The molecular formula is C24H34O4S. The fraction of sp³-hybridized carbons (Fsp3) is 0.792. The second kappa shape index (κ2) is 7.55. The van der Waals surface area contributed by atoms with Crippen LogP contribution in [0.3, 0.4) is 0 Å². The van der Waals surface area contributed by atoms with E-state index in [1.165, 1.54) is 17.3 Å². The fourth-order valence-electron chi connectivity index (χ4n) is 7.22. The predicted molar refractivity (Wildman–Crippen MR) is 114 cm³/mol. The lowest BCUT2D eigenvalue weighted by Crippen LogP contribution is -2.55. The van der Waals surface area contributed by atoms with Crippen LogP contribution in [-0.2, 0) is 19.1 Å². The lowest BCUT2D eigenvalue weighted by Gasteiger charge is -2.60. The van der Waals surface area contributed by atoms with Gasteiger partial charge in [-0.3, -0.25) is 14.4 Å². The van der Waals surface area contributed by atoms with Crippen LogP contribution < -0.4 is 0 Å². The number of allylic oxidation sites excluding steroid dienone is 1. The molecule has 0 aromatic carbocycles. The Morgan fingerprint density at radius 1 is 1.17 bits per heavy atom. The van der Waals surface area contributed by atoms with Gasteiger partial charge >= 0.3 is 5.97 Å². The maximum Gasteiger partial charge on any atom is 0.305 e. The normalized spacial score (nSPS) is 43.7. The molecule has 7 atom stereocenters. The van der Waals surface area contributed by atoms with Gasteiger partial charge in [-0.2, -0.15) is 0 Å². The Morgan fingerprint density at radius 3 is 2.62 bits per heavy atom. The third-order valence-corrected chi connectivity index (χ3v) is 9.87. The van der Waals surface area contributed by atoms with Crippen LogP contribution in [0.4, 0.5) is 0 Å². The zero-order valence-electron chi connectivity index (χ0n) is 18.2. The minimum Gasteiger partial charge on any atom is -0.462 e. The molecule has 29 heavy (non-hydrogen) atoms. The molecule has 4 rings (SSSR count). The summed E-state index contributed by atoms with van der Waals surface area (Å²) in [5.41, 5.74) is 1.36. The van der Waals surface area contributed by atoms with Crippen LogP contribution >= 0.6 is 11.8 Å². The van der Waals surface area contributed by atoms with Crippen molar-refractivity contribution in [2.75, 3.05) is 0 Å². The van der Waals surface area contributed by atoms with Gasteiger partial charge in [0.15, 0.2) is 10.9 Å². The molecule has 0 saturated heterocycles. The summed E-state index contributed by atoms with van der Waals surface area (Å²) in [7, 11) is 0. The van der Waals surface area contributed by atoms with Crippen molar-refractivity contribution in [2.45, 2.75) is 90.4 Å². The van der Waals surface area contributed by atoms with E-state index in [1.807, 2.05) is 13.0 Å². The molecule has 0 aliphatic heterocycles. The van der Waals surface area contributed by atoms with Crippen molar-refractivity contribution < 1.29 is 19.1 Å². The topological polar surface area (TPSA) is 60.4 Å². The predicted octanol–water partition coefficient (Wildman–Crippen LogP) is 5.10. The van der Waals surface area contributed by atoms with E-state index in [4.69, 9.17) is 4.74 Å². The molecule has 5 heteroatoms. The molecule has 3 fully saturated rings. The molecule has 6 unspecified atom stereocenters. The molecule has 0 aromatic rings. The number of esters is 1. The Kier molecular flexibility index (Phi) is 5.50. The standard InChI is InChI=1S/C24H34O4S/c1-5-21(27)28-20-7-6-17-22-18(9-11-24(17,20)4)23(3)10-8-16(26)12-15(23)13-19(22)29-14(2)25/h12,17-20,22H,5-11,13H2,1-4H3/t17?,18?,19-,20?,22?,23?,24?/m1/s1. The van der Waals surface area contributed by atoms with Gasteiger partial charge in [0.05, 0.1) is 0 Å². The highest BCUT2D eigenvalue weighted by Gasteiger charge is 2.62. The van der Waals surface area contributed by atoms with Crippen molar-refractivity contribution in [3.63, 3.8) is 0 Å². The van der Waals surface area contributed by atoms with Crippen molar-refractivity contribution in [3.05, 3.63) is 11.6 Å². The van der Waals surface area contributed by atoms with E-state index < -0.39 is 0 Å². The van der Waals surface area contributed by atoms with Gasteiger partial charge in [-0.05, 0) is 67.8 Å². The number of carbonyl (C=O) groups excluding carboxylic acids is 3. The zero-order chi connectivity index (χ0) is 21.0. The molecule has 3 saturated carbocycles. The lowest BCUT2D eigenvalue weighted by molar-refractivity contribution is -0.159. The van der Waals surface area contributed by atoms with E-state index in [9.17, 15) is 14.4 Å². The zero-order valence-corrected chi connectivity index (χ0v) is 19.0. The Labute approximate surface area is 178 Å². The van der Waals surface area contributed by atoms with Gasteiger partial charge in [0.2, 0.25) is 0 Å². The van der Waals surface area contributed by atoms with Crippen molar-refractivity contribution in [1.29, 1.82) is 0 Å². The van der Waals surface area contributed by atoms with Crippen LogP contribution in [0.2, 0.25) is 0 Å². The van der Waals surface area contributed by atoms with Crippen LogP contribution in [0.25, 0.3) is 0 Å². The highest BCUT2D eigenvalue weighted by atomic mass is 32.2. The summed E-state index contributed by atoms with van der Waals surface area (Å²) >= 11 is 1.49. The Bertz CT molecular complexity index is 758. The van der Waals surface area contributed by atoms with Crippen molar-refractivity contribution in [3.8, 4) is 0 Å². The maximum atomic E-state index is 12.2. The van der Waals surface area contributed by atoms with Crippen molar-refractivity contribution in [2.24, 2.45) is 28.6 Å². The maximum absolute atomic E-state index is 12.2. The van der Waals surface area contributed by atoms with Crippen LogP contribution in [0.5, 0.6) is 0 Å². The molecule has 0 aromatic heterocycles. The summed E-state index contributed by atoms with van der Waals surface area (Å²) in [5, 5.41) is 0.396. The van der Waals surface area contributed by atoms with Gasteiger partial charge in [-0.1, -0.05) is 38.1 Å². The number of fused-ring (bicyclic) bond motifs is 5. The minimum absolute atomic E-state index is 0.00144. The molecule has 4 nitrogen and oxygen atoms in total. The first-order valence-electron chi connectivity index (χ1n) is 11.3. The summed E-state index contributed by atoms with van der Waals surface area (Å²) < 4.78 is 5.91. The highest BCUT2D eigenvalue weighted by molar-refractivity contribution is 8.14. The van der Waals surface area contributed by atoms with Gasteiger partial charge in [-0.25, -0.2) is 0 Å². The molecular weight excluding hydrogens is 384 g/mol. The van der Waals surface area contributed by atoms with Gasteiger partial charge in [0.25, 0.3) is 0 Å². The molecule has 0 spiro atoms. The lowest BCUT2D eigenvalue weighted by atomic mass is 9.47. The van der Waals surface area contributed by atoms with Crippen LogP contribution in [0, 0.1) is 28.6 Å². The first-order chi connectivity index (χ1) is 13.7. The summed E-state index contributed by atoms with van der Waals surface area (Å²) in [6.45, 7) is 8.20. The van der Waals surface area contributed by atoms with Gasteiger partial charge in [0.1, 0.15) is 6.10 Å². The molecule has 0 heterocycles. The van der Waals surface area contributed by atoms with E-state index in [0.29, 0.717) is 30.6 Å². The first-order valence-corrected chi connectivity index (χ1v) is 12.2. The molecule has 0 N–H and O–H groups in total. The molecule has 4 aliphatic carbocycles. The monoisotopic (exact) mass is 418 g/mol. The molecule has 0 amide bonds. The molecule has 160 valence electrons. The summed E-state index contributed by atoms with van der Waals surface area (Å²) in [6.07, 6.45) is 8.92. The minimum atomic E-state index is -0.0970. The first kappa shape index (κ1) is 21.1. The highest BCUT2D eigenvalue weighted by Crippen LogP contribution is 2.67. The quantitative estimate of drug-likeness (QED) is 0.597. The van der Waals surface area contributed by atoms with E-state index >= 15 is 0 Å². The fourth-order valence-corrected chi connectivity index (χ4v) is 8.45. The number of hydrogen-bond donors (Lipinski definition) is 0. The Hall–Kier alpha value is -1.10. The largest absolute Gasteiger partial charge is 0.462 e. The second-order valence-corrected chi connectivity index (χ2v) is 11.6. The van der Waals surface area contributed by atoms with E-state index in [2.05, 4.69) is 13.8 Å². The smallest absolute Gasteiger partial charge is 0.305 e. The van der Waals surface area contributed by atoms with E-state index in [1.54, 1.807) is 6.92 Å². The third-order valence-electron chi connectivity index (χ3n) is 8.75. The van der Waals surface area contributed by atoms with E-state index in [-0.39, 0.29) is 39.1 Å². The average molecular weight is 419 g/mol. The average Bonchev–Trinajstić information content (AvgIpc) is 2.99. The molecule has 4 aliphatic rings. The second-order valence-electron chi connectivity index (χ2n) is 10.1. The van der Waals surface area contributed by atoms with Crippen LogP contribution in [-0.4, -0.2) is 28.2 Å². The van der Waals surface area contributed by atoms with Crippen molar-refractivity contribution in [1.82, 2.24) is 0 Å². The van der Waals surface area contributed by atoms with Crippen molar-refractivity contribution >= 4 is 28.6 Å². The van der Waals surface area contributed by atoms with Gasteiger partial charge < -0.3 is 4.74 Å². The Morgan fingerprint density at radius 2 is 1.93 bits per heavy atom. The third kappa shape index (κ3) is 3.41. The van der Waals surface area contributed by atoms with Crippen LogP contribution in [0.1, 0.15) is 79.1 Å². The molecule has 0 radical (unpaired) electrons. The van der Waals surface area contributed by atoms with Gasteiger partial charge in [0, 0.05) is 30.4 Å². The van der Waals surface area contributed by atoms with Crippen LogP contribution in [0.15, 0.2) is 11.6 Å². The van der Waals surface area contributed by atoms with E-state index in [0.717, 1.165) is 38.5 Å². The number of carbonyl (C=O) groups is 3. The Balaban J connectivity index is 1.69. The number of rotatable bonds is 3. The SMILES string of the molecule is CCC(=O)OC1CCC2C3C(CCC12C)C1(C)CCC(=O)C=C1C[C@H]3SC(C)=O. The summed E-state index contributed by atoms with van der Waals surface area (Å²) in [4.78, 5) is 36.3. The summed E-state index contributed by atoms with van der Waals surface area (Å²) in [5.74, 6) is 1.58.